The minimum atomic E-state index is 0.281. The van der Waals surface area contributed by atoms with E-state index >= 15 is 0 Å². The SMILES string of the molecule is CC1CN(c2ccc(Br)cc2CCN)CC(C)O1. The predicted molar refractivity (Wildman–Crippen MR) is 79.1 cm³/mol. The minimum Gasteiger partial charge on any atom is -0.372 e. The first kappa shape index (κ1) is 13.8. The maximum atomic E-state index is 5.79. The second-order valence-electron chi connectivity index (χ2n) is 4.97. The van der Waals surface area contributed by atoms with Crippen molar-refractivity contribution in [2.24, 2.45) is 5.73 Å². The molecule has 2 unspecified atom stereocenters. The zero-order valence-corrected chi connectivity index (χ0v) is 12.6. The van der Waals surface area contributed by atoms with E-state index in [1.807, 2.05) is 0 Å². The van der Waals surface area contributed by atoms with Crippen molar-refractivity contribution in [3.8, 4) is 0 Å². The summed E-state index contributed by atoms with van der Waals surface area (Å²) in [6.45, 7) is 6.83. The number of morpholine rings is 1. The van der Waals surface area contributed by atoms with Gasteiger partial charge in [0.05, 0.1) is 12.2 Å². The van der Waals surface area contributed by atoms with Gasteiger partial charge in [-0.1, -0.05) is 15.9 Å². The third-order valence-electron chi connectivity index (χ3n) is 3.22. The van der Waals surface area contributed by atoms with Crippen LogP contribution in [-0.4, -0.2) is 31.8 Å². The van der Waals surface area contributed by atoms with E-state index in [-0.39, 0.29) is 12.2 Å². The molecule has 3 nitrogen and oxygen atoms in total. The Kier molecular flexibility index (Phi) is 4.65. The van der Waals surface area contributed by atoms with Gasteiger partial charge in [-0.05, 0) is 50.6 Å². The second kappa shape index (κ2) is 6.04. The summed E-state index contributed by atoms with van der Waals surface area (Å²) >= 11 is 3.53. The number of rotatable bonds is 3. The van der Waals surface area contributed by atoms with Gasteiger partial charge in [0.1, 0.15) is 0 Å². The summed E-state index contributed by atoms with van der Waals surface area (Å²) in [7, 11) is 0. The maximum Gasteiger partial charge on any atom is 0.0726 e. The largest absolute Gasteiger partial charge is 0.372 e. The van der Waals surface area contributed by atoms with Crippen molar-refractivity contribution < 1.29 is 4.74 Å². The number of benzene rings is 1. The van der Waals surface area contributed by atoms with Crippen LogP contribution in [0, 0.1) is 0 Å². The van der Waals surface area contributed by atoms with Crippen LogP contribution in [0.15, 0.2) is 22.7 Å². The standard InChI is InChI=1S/C14H21BrN2O/c1-10-8-17(9-11(2)18-10)14-4-3-13(15)7-12(14)5-6-16/h3-4,7,10-11H,5-6,8-9,16H2,1-2H3. The molecule has 0 aliphatic carbocycles. The molecule has 1 heterocycles. The topological polar surface area (TPSA) is 38.5 Å². The molecule has 1 aromatic carbocycles. The lowest BCUT2D eigenvalue weighted by molar-refractivity contribution is -0.00525. The quantitative estimate of drug-likeness (QED) is 0.932. The van der Waals surface area contributed by atoms with Crippen molar-refractivity contribution in [3.63, 3.8) is 0 Å². The van der Waals surface area contributed by atoms with Gasteiger partial charge in [-0.15, -0.1) is 0 Å². The van der Waals surface area contributed by atoms with Gasteiger partial charge in [-0.25, -0.2) is 0 Å². The van der Waals surface area contributed by atoms with Crippen LogP contribution >= 0.6 is 15.9 Å². The zero-order valence-electron chi connectivity index (χ0n) is 11.0. The Morgan fingerprint density at radius 3 is 2.61 bits per heavy atom. The van der Waals surface area contributed by atoms with E-state index in [1.54, 1.807) is 0 Å². The first-order valence-corrected chi connectivity index (χ1v) is 7.28. The van der Waals surface area contributed by atoms with E-state index in [1.165, 1.54) is 11.3 Å². The van der Waals surface area contributed by atoms with Crippen molar-refractivity contribution in [1.29, 1.82) is 0 Å². The summed E-state index contributed by atoms with van der Waals surface area (Å²) in [6.07, 6.45) is 1.47. The van der Waals surface area contributed by atoms with Gasteiger partial charge in [-0.3, -0.25) is 0 Å². The highest BCUT2D eigenvalue weighted by Crippen LogP contribution is 2.27. The molecule has 0 bridgehead atoms. The van der Waals surface area contributed by atoms with Gasteiger partial charge in [0, 0.05) is 23.2 Å². The number of nitrogens with zero attached hydrogens (tertiary/aromatic N) is 1. The average molecular weight is 313 g/mol. The third-order valence-corrected chi connectivity index (χ3v) is 3.71. The van der Waals surface area contributed by atoms with Crippen LogP contribution in [0.5, 0.6) is 0 Å². The molecule has 2 atom stereocenters. The van der Waals surface area contributed by atoms with E-state index < -0.39 is 0 Å². The van der Waals surface area contributed by atoms with Crippen molar-refractivity contribution in [1.82, 2.24) is 0 Å². The van der Waals surface area contributed by atoms with Crippen molar-refractivity contribution in [3.05, 3.63) is 28.2 Å². The Bertz CT molecular complexity index is 401. The predicted octanol–water partition coefficient (Wildman–Crippen LogP) is 2.56. The highest BCUT2D eigenvalue weighted by atomic mass is 79.9. The lowest BCUT2D eigenvalue weighted by atomic mass is 10.1. The Labute approximate surface area is 117 Å². The Hall–Kier alpha value is -0.580. The summed E-state index contributed by atoms with van der Waals surface area (Å²) in [5.74, 6) is 0. The molecule has 0 spiro atoms. The van der Waals surface area contributed by atoms with E-state index in [9.17, 15) is 0 Å². The number of halogens is 1. The van der Waals surface area contributed by atoms with Gasteiger partial charge in [0.15, 0.2) is 0 Å². The van der Waals surface area contributed by atoms with Crippen LogP contribution in [-0.2, 0) is 11.2 Å². The minimum absolute atomic E-state index is 0.281. The molecule has 1 saturated heterocycles. The van der Waals surface area contributed by atoms with Gasteiger partial charge >= 0.3 is 0 Å². The number of hydrogen-bond acceptors (Lipinski definition) is 3. The lowest BCUT2D eigenvalue weighted by Crippen LogP contribution is -2.45. The van der Waals surface area contributed by atoms with E-state index in [4.69, 9.17) is 10.5 Å². The van der Waals surface area contributed by atoms with Crippen LogP contribution in [0.1, 0.15) is 19.4 Å². The molecule has 1 aromatic rings. The maximum absolute atomic E-state index is 5.79. The fraction of sp³-hybridized carbons (Fsp3) is 0.571. The first-order chi connectivity index (χ1) is 8.60. The van der Waals surface area contributed by atoms with Gasteiger partial charge < -0.3 is 15.4 Å². The Balaban J connectivity index is 2.25. The first-order valence-electron chi connectivity index (χ1n) is 6.49. The average Bonchev–Trinajstić information content (AvgIpc) is 2.28. The molecule has 1 aliphatic heterocycles. The molecule has 0 aromatic heterocycles. The molecule has 100 valence electrons. The summed E-state index contributed by atoms with van der Waals surface area (Å²) < 4.78 is 6.90. The smallest absolute Gasteiger partial charge is 0.0726 e. The molecule has 1 aliphatic rings. The Morgan fingerprint density at radius 1 is 1.33 bits per heavy atom. The van der Waals surface area contributed by atoms with Crippen molar-refractivity contribution in [2.75, 3.05) is 24.5 Å². The molecule has 1 fully saturated rings. The van der Waals surface area contributed by atoms with Crippen LogP contribution in [0.4, 0.5) is 5.69 Å². The second-order valence-corrected chi connectivity index (χ2v) is 5.89. The number of ether oxygens (including phenoxy) is 1. The monoisotopic (exact) mass is 312 g/mol. The van der Waals surface area contributed by atoms with Crippen LogP contribution < -0.4 is 10.6 Å². The van der Waals surface area contributed by atoms with Crippen molar-refractivity contribution >= 4 is 21.6 Å². The number of hydrogen-bond donors (Lipinski definition) is 1. The molecular formula is C14H21BrN2O. The highest BCUT2D eigenvalue weighted by molar-refractivity contribution is 9.10. The van der Waals surface area contributed by atoms with Crippen LogP contribution in [0.2, 0.25) is 0 Å². The molecule has 0 amide bonds. The normalized spacial score (nSPS) is 24.3. The van der Waals surface area contributed by atoms with E-state index in [0.29, 0.717) is 6.54 Å². The zero-order chi connectivity index (χ0) is 13.1. The fourth-order valence-electron chi connectivity index (χ4n) is 2.59. The Morgan fingerprint density at radius 2 is 2.00 bits per heavy atom. The molecule has 2 rings (SSSR count). The van der Waals surface area contributed by atoms with Gasteiger partial charge in [-0.2, -0.15) is 0 Å². The molecule has 4 heteroatoms. The third kappa shape index (κ3) is 3.25. The number of anilines is 1. The van der Waals surface area contributed by atoms with Crippen LogP contribution in [0.25, 0.3) is 0 Å². The summed E-state index contributed by atoms with van der Waals surface area (Å²) in [5.41, 5.74) is 8.32. The number of nitrogens with two attached hydrogens (primary N) is 1. The highest BCUT2D eigenvalue weighted by Gasteiger charge is 2.23. The van der Waals surface area contributed by atoms with Crippen LogP contribution in [0.3, 0.4) is 0 Å². The molecule has 0 radical (unpaired) electrons. The van der Waals surface area contributed by atoms with E-state index in [2.05, 4.69) is 52.9 Å². The molecule has 2 N–H and O–H groups in total. The molecular weight excluding hydrogens is 292 g/mol. The summed E-state index contributed by atoms with van der Waals surface area (Å²) in [5, 5.41) is 0. The lowest BCUT2D eigenvalue weighted by Gasteiger charge is -2.38. The van der Waals surface area contributed by atoms with Gasteiger partial charge in [0.25, 0.3) is 0 Å². The molecule has 0 saturated carbocycles. The fourth-order valence-corrected chi connectivity index (χ4v) is 3.00. The van der Waals surface area contributed by atoms with E-state index in [0.717, 1.165) is 24.0 Å². The van der Waals surface area contributed by atoms with Crippen molar-refractivity contribution in [2.45, 2.75) is 32.5 Å². The summed E-state index contributed by atoms with van der Waals surface area (Å²) in [4.78, 5) is 2.41. The summed E-state index contributed by atoms with van der Waals surface area (Å²) in [6, 6.07) is 6.45. The molecule has 18 heavy (non-hydrogen) atoms. The van der Waals surface area contributed by atoms with Gasteiger partial charge in [0.2, 0.25) is 0 Å².